The van der Waals surface area contributed by atoms with E-state index in [0.717, 1.165) is 25.9 Å². The molecular weight excluding hydrogens is 220 g/mol. The molecule has 4 N–H and O–H groups in total. The molecule has 1 unspecified atom stereocenters. The van der Waals surface area contributed by atoms with Crippen LogP contribution in [0.15, 0.2) is 0 Å². The van der Waals surface area contributed by atoms with Gasteiger partial charge in [0.25, 0.3) is 0 Å². The minimum Gasteiger partial charge on any atom is -0.352 e. The summed E-state index contributed by atoms with van der Waals surface area (Å²) >= 11 is 0. The fourth-order valence-electron chi connectivity index (χ4n) is 2.44. The van der Waals surface area contributed by atoms with Crippen molar-refractivity contribution in [2.75, 3.05) is 26.2 Å². The van der Waals surface area contributed by atoms with Crippen molar-refractivity contribution in [2.45, 2.75) is 25.3 Å². The largest absolute Gasteiger partial charge is 0.352 e. The van der Waals surface area contributed by atoms with Crippen LogP contribution >= 0.6 is 0 Å². The molecule has 0 bridgehead atoms. The average molecular weight is 240 g/mol. The smallest absolute Gasteiger partial charge is 0.313 e. The first-order valence-electron chi connectivity index (χ1n) is 6.12. The van der Waals surface area contributed by atoms with E-state index in [4.69, 9.17) is 5.73 Å². The quantitative estimate of drug-likeness (QED) is 0.607. The summed E-state index contributed by atoms with van der Waals surface area (Å²) in [6.07, 6.45) is 1.96. The lowest BCUT2D eigenvalue weighted by atomic mass is 9.93. The maximum Gasteiger partial charge on any atom is 0.313 e. The van der Waals surface area contributed by atoms with Crippen molar-refractivity contribution < 1.29 is 9.59 Å². The zero-order chi connectivity index (χ0) is 12.5. The summed E-state index contributed by atoms with van der Waals surface area (Å²) in [6, 6.07) is -0.622. The van der Waals surface area contributed by atoms with Crippen molar-refractivity contribution in [3.05, 3.63) is 0 Å². The van der Waals surface area contributed by atoms with Crippen LogP contribution in [-0.2, 0) is 4.79 Å². The minimum atomic E-state index is -0.816. The fourth-order valence-corrected chi connectivity index (χ4v) is 2.44. The van der Waals surface area contributed by atoms with E-state index in [2.05, 4.69) is 10.6 Å². The Morgan fingerprint density at radius 2 is 1.94 bits per heavy atom. The molecule has 0 aromatic rings. The topological polar surface area (TPSA) is 87.5 Å². The van der Waals surface area contributed by atoms with Crippen molar-refractivity contribution >= 4 is 11.9 Å². The zero-order valence-electron chi connectivity index (χ0n) is 10.2. The third-order valence-corrected chi connectivity index (χ3v) is 3.63. The van der Waals surface area contributed by atoms with Crippen LogP contribution in [0.1, 0.15) is 19.8 Å². The molecule has 6 heteroatoms. The first kappa shape index (κ1) is 12.2. The Bertz CT molecular complexity index is 323. The van der Waals surface area contributed by atoms with Gasteiger partial charge in [-0.05, 0) is 25.7 Å². The third kappa shape index (κ3) is 2.52. The molecule has 96 valence electrons. The summed E-state index contributed by atoms with van der Waals surface area (Å²) in [5.74, 6) is 0.234. The number of carbonyl (C=O) groups excluding carboxylic acids is 2. The second-order valence-electron chi connectivity index (χ2n) is 5.01. The number of hydrogen-bond donors (Lipinski definition) is 3. The van der Waals surface area contributed by atoms with Gasteiger partial charge in [-0.1, -0.05) is 0 Å². The summed E-state index contributed by atoms with van der Waals surface area (Å²) in [6.45, 7) is 4.80. The van der Waals surface area contributed by atoms with Gasteiger partial charge in [-0.3, -0.25) is 4.79 Å². The second kappa shape index (κ2) is 4.52. The molecule has 2 aliphatic rings. The predicted octanol–water partition coefficient (Wildman–Crippen LogP) is -0.745. The maximum absolute atomic E-state index is 12.5. The van der Waals surface area contributed by atoms with Crippen molar-refractivity contribution in [3.8, 4) is 0 Å². The number of rotatable bonds is 3. The predicted molar refractivity (Wildman–Crippen MR) is 63.3 cm³/mol. The van der Waals surface area contributed by atoms with Gasteiger partial charge in [0.05, 0.1) is 0 Å². The Balaban J connectivity index is 2.08. The summed E-state index contributed by atoms with van der Waals surface area (Å²) in [5.41, 5.74) is 4.36. The molecule has 2 rings (SSSR count). The average Bonchev–Trinajstić information content (AvgIpc) is 3.12. The van der Waals surface area contributed by atoms with Gasteiger partial charge in [-0.15, -0.1) is 0 Å². The van der Waals surface area contributed by atoms with Crippen molar-refractivity contribution in [1.82, 2.24) is 15.5 Å². The number of nitrogens with one attached hydrogen (secondary N) is 2. The van der Waals surface area contributed by atoms with E-state index in [1.165, 1.54) is 0 Å². The highest BCUT2D eigenvalue weighted by Crippen LogP contribution is 2.40. The molecule has 0 aromatic carbocycles. The molecule has 1 atom stereocenters. The summed E-state index contributed by atoms with van der Waals surface area (Å²) in [4.78, 5) is 25.3. The van der Waals surface area contributed by atoms with Gasteiger partial charge >= 0.3 is 6.03 Å². The Labute approximate surface area is 101 Å². The molecular formula is C11H20N4O2. The van der Waals surface area contributed by atoms with E-state index in [1.54, 1.807) is 6.92 Å². The van der Waals surface area contributed by atoms with E-state index in [0.29, 0.717) is 13.1 Å². The molecule has 0 aromatic heterocycles. The lowest BCUT2D eigenvalue weighted by molar-refractivity contribution is -0.138. The number of carbonyl (C=O) groups is 2. The zero-order valence-corrected chi connectivity index (χ0v) is 10.2. The van der Waals surface area contributed by atoms with Gasteiger partial charge in [0.2, 0.25) is 5.91 Å². The van der Waals surface area contributed by atoms with Crippen LogP contribution in [0.2, 0.25) is 0 Å². The van der Waals surface area contributed by atoms with E-state index < -0.39 is 11.6 Å². The molecule has 2 fully saturated rings. The third-order valence-electron chi connectivity index (χ3n) is 3.63. The van der Waals surface area contributed by atoms with E-state index in [9.17, 15) is 9.59 Å². The highest BCUT2D eigenvalue weighted by Gasteiger charge is 2.49. The number of nitrogens with two attached hydrogens (primary N) is 1. The van der Waals surface area contributed by atoms with Gasteiger partial charge < -0.3 is 21.3 Å². The fraction of sp³-hybridized carbons (Fsp3) is 0.818. The molecule has 1 saturated heterocycles. The highest BCUT2D eigenvalue weighted by atomic mass is 16.2. The molecule has 0 spiro atoms. The van der Waals surface area contributed by atoms with Crippen LogP contribution < -0.4 is 16.4 Å². The molecule has 6 nitrogen and oxygen atoms in total. The Hall–Kier alpha value is -1.30. The van der Waals surface area contributed by atoms with Crippen LogP contribution in [0.5, 0.6) is 0 Å². The highest BCUT2D eigenvalue weighted by molar-refractivity contribution is 5.91. The lowest BCUT2D eigenvalue weighted by Crippen LogP contribution is -2.62. The molecule has 1 heterocycles. The summed E-state index contributed by atoms with van der Waals surface area (Å²) < 4.78 is 0. The van der Waals surface area contributed by atoms with Gasteiger partial charge in [0.15, 0.2) is 0 Å². The number of nitrogens with zero attached hydrogens (tertiary/aromatic N) is 1. The number of piperazine rings is 1. The Kier molecular flexibility index (Phi) is 3.24. The van der Waals surface area contributed by atoms with Crippen LogP contribution in [0, 0.1) is 5.92 Å². The van der Waals surface area contributed by atoms with Crippen LogP contribution in [0.4, 0.5) is 4.79 Å². The summed E-state index contributed by atoms with van der Waals surface area (Å²) in [5, 5.41) is 5.84. The number of amides is 3. The molecule has 1 saturated carbocycles. The van der Waals surface area contributed by atoms with Gasteiger partial charge in [0.1, 0.15) is 5.54 Å². The van der Waals surface area contributed by atoms with Crippen molar-refractivity contribution in [2.24, 2.45) is 11.7 Å². The summed E-state index contributed by atoms with van der Waals surface area (Å²) in [7, 11) is 0. The maximum atomic E-state index is 12.5. The molecule has 1 aliphatic carbocycles. The van der Waals surface area contributed by atoms with Gasteiger partial charge in [0, 0.05) is 26.2 Å². The standard InChI is InChI=1S/C11H20N4O2/c1-11(8-2-3-8,14-10(12)17)9(16)15-6-4-13-5-7-15/h8,13H,2-7H2,1H3,(H3,12,14,17). The Morgan fingerprint density at radius 1 is 1.35 bits per heavy atom. The Morgan fingerprint density at radius 3 is 2.41 bits per heavy atom. The number of primary amides is 1. The van der Waals surface area contributed by atoms with Gasteiger partial charge in [-0.2, -0.15) is 0 Å². The van der Waals surface area contributed by atoms with Crippen LogP contribution in [-0.4, -0.2) is 48.6 Å². The van der Waals surface area contributed by atoms with Gasteiger partial charge in [-0.25, -0.2) is 4.79 Å². The molecule has 17 heavy (non-hydrogen) atoms. The van der Waals surface area contributed by atoms with E-state index in [-0.39, 0.29) is 11.8 Å². The van der Waals surface area contributed by atoms with Crippen LogP contribution in [0.25, 0.3) is 0 Å². The first-order chi connectivity index (χ1) is 8.04. The molecule has 3 amide bonds. The van der Waals surface area contributed by atoms with Crippen molar-refractivity contribution in [3.63, 3.8) is 0 Å². The van der Waals surface area contributed by atoms with Crippen molar-refractivity contribution in [1.29, 1.82) is 0 Å². The van der Waals surface area contributed by atoms with E-state index in [1.807, 2.05) is 4.90 Å². The number of urea groups is 1. The first-order valence-corrected chi connectivity index (χ1v) is 6.12. The second-order valence-corrected chi connectivity index (χ2v) is 5.01. The van der Waals surface area contributed by atoms with E-state index >= 15 is 0 Å². The monoisotopic (exact) mass is 240 g/mol. The molecule has 1 aliphatic heterocycles. The SMILES string of the molecule is CC(NC(N)=O)(C(=O)N1CCNCC1)C1CC1. The number of hydrogen-bond acceptors (Lipinski definition) is 3. The van der Waals surface area contributed by atoms with Crippen LogP contribution in [0.3, 0.4) is 0 Å². The minimum absolute atomic E-state index is 0.000278. The molecule has 0 radical (unpaired) electrons. The normalized spacial score (nSPS) is 23.9. The lowest BCUT2D eigenvalue weighted by Gasteiger charge is -2.37.